The van der Waals surface area contributed by atoms with Gasteiger partial charge in [0.2, 0.25) is 5.79 Å². The Hall–Kier alpha value is -0.376. The first-order valence-electron chi connectivity index (χ1n) is 11.3. The molecule has 21 heteroatoms. The molecule has 39 heavy (non-hydrogen) atoms. The first-order chi connectivity index (χ1) is 18.1. The predicted octanol–water partition coefficient (Wildman–Crippen LogP) is -9.84. The van der Waals surface area contributed by atoms with Crippen LogP contribution in [0.15, 0.2) is 0 Å². The van der Waals surface area contributed by atoms with Crippen LogP contribution >= 0.6 is 0 Å². The number of nitrogens with two attached hydrogens (primary N) is 3. The van der Waals surface area contributed by atoms with Gasteiger partial charge in [-0.15, -0.1) is 0 Å². The van der Waals surface area contributed by atoms with Gasteiger partial charge in [-0.1, -0.05) is 0 Å². The van der Waals surface area contributed by atoms with Gasteiger partial charge in [0, 0.05) is 0 Å². The van der Waals surface area contributed by atoms with Gasteiger partial charge in [-0.2, -0.15) is 0 Å². The molecule has 0 amide bonds. The van der Waals surface area contributed by atoms with Gasteiger partial charge in [-0.05, 0) is 0 Å². The zero-order valence-corrected chi connectivity index (χ0v) is 21.5. The number of ether oxygens (including phenoxy) is 5. The second kappa shape index (κ2) is 13.3. The fourth-order valence-electron chi connectivity index (χ4n) is 4.28. The van der Waals surface area contributed by atoms with E-state index in [2.05, 4.69) is 0 Å². The minimum absolute atomic E-state index is 0.725. The number of aliphatic hydroxyl groups is 11. The van der Waals surface area contributed by atoms with Crippen LogP contribution in [0.5, 0.6) is 0 Å². The molecular weight excluding hydrogens is 581 g/mol. The van der Waals surface area contributed by atoms with Crippen LogP contribution in [0.4, 0.5) is 0 Å². The summed E-state index contributed by atoms with van der Waals surface area (Å²) in [6.07, 6.45) is -14.7. The van der Waals surface area contributed by atoms with Crippen LogP contribution in [0.3, 0.4) is 0 Å². The van der Waals surface area contributed by atoms with Crippen LogP contribution in [0.25, 0.3) is 0 Å². The molecule has 0 spiro atoms. The molecule has 20 nitrogen and oxygen atoms in total. The Kier molecular flexibility index (Phi) is 11.9. The fourth-order valence-corrected chi connectivity index (χ4v) is 4.28. The first-order valence-corrected chi connectivity index (χ1v) is 11.9. The molecule has 13 atom stereocenters. The third-order valence-electron chi connectivity index (χ3n) is 6.75. The van der Waals surface area contributed by atoms with Crippen LogP contribution in [-0.2, 0) is 44.7 Å². The Morgan fingerprint density at radius 2 is 1.21 bits per heavy atom. The van der Waals surface area contributed by atoms with Gasteiger partial charge in [0.15, 0.2) is 18.9 Å². The molecule has 0 aliphatic carbocycles. The van der Waals surface area contributed by atoms with Crippen LogP contribution < -0.4 is 17.2 Å². The van der Waals surface area contributed by atoms with Gasteiger partial charge in [-0.25, -0.2) is 0 Å². The van der Waals surface area contributed by atoms with Crippen molar-refractivity contribution in [3.8, 4) is 0 Å². The Morgan fingerprint density at radius 1 is 0.744 bits per heavy atom. The summed E-state index contributed by atoms with van der Waals surface area (Å²) in [5.41, 5.74) is 17.3. The third kappa shape index (κ3) is 6.22. The summed E-state index contributed by atoms with van der Waals surface area (Å²) in [7, 11) is 0. The molecule has 17 N–H and O–H groups in total. The molecule has 0 radical (unpaired) electrons. The van der Waals surface area contributed by atoms with E-state index in [0.717, 1.165) is 17.4 Å². The van der Waals surface area contributed by atoms with Crippen molar-refractivity contribution in [2.75, 3.05) is 19.8 Å². The molecule has 0 aromatic heterocycles. The number of hydrogen-bond donors (Lipinski definition) is 14. The van der Waals surface area contributed by atoms with Gasteiger partial charge in [0.05, 0.1) is 25.3 Å². The van der Waals surface area contributed by atoms with E-state index >= 15 is 0 Å². The van der Waals surface area contributed by atoms with Crippen molar-refractivity contribution < 1.29 is 101 Å². The van der Waals surface area contributed by atoms with Crippen molar-refractivity contribution in [3.05, 3.63) is 0 Å². The maximum atomic E-state index is 10.8. The van der Waals surface area contributed by atoms with Gasteiger partial charge in [0.25, 0.3) is 11.6 Å². The van der Waals surface area contributed by atoms with Crippen LogP contribution in [-0.4, -0.2) is 167 Å². The molecule has 3 aliphatic rings. The molecule has 3 aliphatic heterocycles. The van der Waals surface area contributed by atoms with Crippen LogP contribution in [0.2, 0.25) is 0 Å². The van der Waals surface area contributed by atoms with Crippen LogP contribution in [0, 0.1) is 0 Å². The molecule has 3 heterocycles. The average Bonchev–Trinajstić information content (AvgIpc) is 2.91. The molecule has 3 fully saturated rings. The monoisotopic (exact) mass is 616 g/mol. The summed E-state index contributed by atoms with van der Waals surface area (Å²) in [5.74, 6) is -11.1. The van der Waals surface area contributed by atoms with E-state index in [9.17, 15) is 56.2 Å². The van der Waals surface area contributed by atoms with Crippen molar-refractivity contribution >= 4 is 0 Å². The van der Waals surface area contributed by atoms with E-state index < -0.39 is 111 Å². The van der Waals surface area contributed by atoms with Crippen LogP contribution in [0.1, 0.15) is 0 Å². The maximum absolute atomic E-state index is 10.8. The quantitative estimate of drug-likeness (QED) is 0.118. The number of hydrogen-bond acceptors (Lipinski definition) is 20. The summed E-state index contributed by atoms with van der Waals surface area (Å²) in [5, 5.41) is 110. The summed E-state index contributed by atoms with van der Waals surface area (Å²) >= 11 is 1.06. The molecule has 3 rings (SSSR count). The Morgan fingerprint density at radius 3 is 1.69 bits per heavy atom. The molecule has 229 valence electrons. The van der Waals surface area contributed by atoms with E-state index in [0.29, 0.717) is 0 Å². The standard InChI is InChI=1S/C18H35N3O16.O.V/c19-6-8(25)10(4(1-22)33-13(6)27)35-14-7(20)9(26)11(5(2-23)34-14)36-15-12(21)17(29,30)18(31,32)16(28,3-24)37-15;;/h4-15,22-32H,1-3,19-21H2;;/t4-,5-,6-,7-,8-,9-,10?,11?,12-,13-,14+,15+,16+;;/m1../s1. The SMILES string of the molecule is N[C@H]1[C@H](OC2[C@@H](CO)O[C@@H](O)[C@H](N)[C@H]2O)O[C@H](CO)C(O[C@H]2O[C@@](O)(CO)C(O)(O)C(O)(O)[C@@H]2N)[C@@H]1O.[O]=[V]. The number of rotatable bonds is 7. The summed E-state index contributed by atoms with van der Waals surface area (Å²) in [6, 6.07) is -5.11. The second-order valence-electron chi connectivity index (χ2n) is 9.16. The van der Waals surface area contributed by atoms with Gasteiger partial charge >= 0.3 is 21.0 Å². The molecule has 0 aromatic rings. The van der Waals surface area contributed by atoms with Crippen molar-refractivity contribution in [2.24, 2.45) is 17.2 Å². The molecular formula is C18H35N3O17V. The molecule has 0 aromatic carbocycles. The fraction of sp³-hybridized carbons (Fsp3) is 1.00. The van der Waals surface area contributed by atoms with Crippen molar-refractivity contribution in [3.63, 3.8) is 0 Å². The minimum atomic E-state index is -3.90. The average molecular weight is 616 g/mol. The van der Waals surface area contributed by atoms with Crippen molar-refractivity contribution in [2.45, 2.75) is 91.0 Å². The van der Waals surface area contributed by atoms with E-state index in [1.54, 1.807) is 0 Å². The van der Waals surface area contributed by atoms with E-state index in [-0.39, 0.29) is 0 Å². The summed E-state index contributed by atoms with van der Waals surface area (Å²) in [4.78, 5) is 0. The molecule has 2 unspecified atom stereocenters. The zero-order chi connectivity index (χ0) is 30.1. The molecule has 0 saturated carbocycles. The van der Waals surface area contributed by atoms with E-state index in [4.69, 9.17) is 44.6 Å². The Balaban J connectivity index is 0.00000260. The van der Waals surface area contributed by atoms with Crippen molar-refractivity contribution in [1.82, 2.24) is 0 Å². The predicted molar refractivity (Wildman–Crippen MR) is 111 cm³/mol. The zero-order valence-electron chi connectivity index (χ0n) is 20.1. The van der Waals surface area contributed by atoms with Gasteiger partial charge in [0.1, 0.15) is 49.3 Å². The summed E-state index contributed by atoms with van der Waals surface area (Å²) in [6.45, 7) is -3.19. The van der Waals surface area contributed by atoms with E-state index in [1.165, 1.54) is 0 Å². The molecule has 0 bridgehead atoms. The van der Waals surface area contributed by atoms with E-state index in [1.807, 2.05) is 0 Å². The topological polar surface area (TPSA) is 364 Å². The van der Waals surface area contributed by atoms with Crippen molar-refractivity contribution in [1.29, 1.82) is 0 Å². The Labute approximate surface area is 229 Å². The van der Waals surface area contributed by atoms with Gasteiger partial charge in [-0.3, -0.25) is 0 Å². The Bertz CT molecular complexity index is 791. The second-order valence-corrected chi connectivity index (χ2v) is 9.16. The first kappa shape index (κ1) is 34.8. The normalized spacial score (nSPS) is 47.6. The third-order valence-corrected chi connectivity index (χ3v) is 6.75. The summed E-state index contributed by atoms with van der Waals surface area (Å²) < 4.78 is 34.6. The van der Waals surface area contributed by atoms with Gasteiger partial charge < -0.3 is 97.1 Å². The number of aliphatic hydroxyl groups excluding tert-OH is 6. The molecule has 3 saturated heterocycles.